The molecule has 0 radical (unpaired) electrons. The van der Waals surface area contributed by atoms with Crippen LogP contribution in [0.5, 0.6) is 11.5 Å². The summed E-state index contributed by atoms with van der Waals surface area (Å²) < 4.78 is 29.7. The largest absolute Gasteiger partial charge is 0.450 e. The molecule has 1 amide bonds. The first-order valence-electron chi connectivity index (χ1n) is 13.6. The third-order valence-electron chi connectivity index (χ3n) is 7.73. The summed E-state index contributed by atoms with van der Waals surface area (Å²) in [7, 11) is 0. The molecule has 3 aromatic carbocycles. The Bertz CT molecular complexity index is 1740. The summed E-state index contributed by atoms with van der Waals surface area (Å²) in [4.78, 5) is 35.1. The van der Waals surface area contributed by atoms with E-state index >= 15 is 4.39 Å². The number of amides is 1. The fourth-order valence-corrected chi connectivity index (χ4v) is 5.74. The molecule has 3 aliphatic rings. The van der Waals surface area contributed by atoms with Gasteiger partial charge in [-0.15, -0.1) is 0 Å². The number of fused-ring (bicyclic) bond motifs is 4. The van der Waals surface area contributed by atoms with Gasteiger partial charge in [-0.05, 0) is 23.9 Å². The maximum absolute atomic E-state index is 15.9. The Labute approximate surface area is 229 Å². The first-order chi connectivity index (χ1) is 19.6. The summed E-state index contributed by atoms with van der Waals surface area (Å²) in [6.07, 6.45) is 4.10. The van der Waals surface area contributed by atoms with Crippen molar-refractivity contribution in [3.05, 3.63) is 70.3 Å². The lowest BCUT2D eigenvalue weighted by Gasteiger charge is -2.33. The SMILES string of the molecule is O=C(NCCCN1C=NCC1)c1cn2c3c(c(N4CCOCC4)c(F)cc3c1=O)Oc1c-2ccc2ccccc12. The molecule has 1 aromatic heterocycles. The topological polar surface area (TPSA) is 88.4 Å². The number of aliphatic imine (C=N–C) groups is 1. The zero-order valence-corrected chi connectivity index (χ0v) is 21.9. The highest BCUT2D eigenvalue weighted by molar-refractivity contribution is 6.03. The van der Waals surface area contributed by atoms with Gasteiger partial charge in [-0.2, -0.15) is 0 Å². The molecule has 0 saturated carbocycles. The number of rotatable bonds is 6. The quantitative estimate of drug-likeness (QED) is 0.330. The van der Waals surface area contributed by atoms with E-state index < -0.39 is 17.2 Å². The summed E-state index contributed by atoms with van der Waals surface area (Å²) in [5.41, 5.74) is 0.849. The van der Waals surface area contributed by atoms with E-state index in [0.717, 1.165) is 30.4 Å². The second-order valence-electron chi connectivity index (χ2n) is 10.2. The van der Waals surface area contributed by atoms with E-state index in [9.17, 15) is 9.59 Å². The van der Waals surface area contributed by atoms with Crippen molar-refractivity contribution in [2.45, 2.75) is 6.42 Å². The summed E-state index contributed by atoms with van der Waals surface area (Å²) in [5.74, 6) is -0.230. The highest BCUT2D eigenvalue weighted by Crippen LogP contribution is 2.48. The fourth-order valence-electron chi connectivity index (χ4n) is 5.74. The van der Waals surface area contributed by atoms with Gasteiger partial charge in [-0.1, -0.05) is 30.3 Å². The van der Waals surface area contributed by atoms with Crippen LogP contribution in [0.15, 0.2) is 58.4 Å². The van der Waals surface area contributed by atoms with E-state index in [1.807, 2.05) is 47.6 Å². The summed E-state index contributed by atoms with van der Waals surface area (Å²) in [6, 6.07) is 12.9. The van der Waals surface area contributed by atoms with Gasteiger partial charge in [-0.25, -0.2) is 4.39 Å². The minimum absolute atomic E-state index is 0.0410. The zero-order chi connectivity index (χ0) is 27.2. The zero-order valence-electron chi connectivity index (χ0n) is 21.9. The summed E-state index contributed by atoms with van der Waals surface area (Å²) >= 11 is 0. The van der Waals surface area contributed by atoms with E-state index in [1.165, 1.54) is 6.07 Å². The summed E-state index contributed by atoms with van der Waals surface area (Å²) in [5, 5.41) is 4.79. The monoisotopic (exact) mass is 541 g/mol. The number of hydrogen-bond acceptors (Lipinski definition) is 7. The van der Waals surface area contributed by atoms with Gasteiger partial charge < -0.3 is 29.2 Å². The number of benzene rings is 3. The van der Waals surface area contributed by atoms with Crippen molar-refractivity contribution in [1.29, 1.82) is 0 Å². The number of carbonyl (C=O) groups is 1. The van der Waals surface area contributed by atoms with Crippen LogP contribution in [0.4, 0.5) is 10.1 Å². The van der Waals surface area contributed by atoms with Crippen molar-refractivity contribution in [2.75, 3.05) is 57.4 Å². The number of nitrogens with one attached hydrogen (secondary N) is 1. The van der Waals surface area contributed by atoms with Crippen LogP contribution in [0.1, 0.15) is 16.8 Å². The van der Waals surface area contributed by atoms with Crippen LogP contribution < -0.4 is 20.4 Å². The Morgan fingerprint density at radius 1 is 1.05 bits per heavy atom. The number of hydrogen-bond donors (Lipinski definition) is 1. The highest BCUT2D eigenvalue weighted by Gasteiger charge is 2.31. The first-order valence-corrected chi connectivity index (χ1v) is 13.6. The molecule has 10 heteroatoms. The fraction of sp³-hybridized carbons (Fsp3) is 0.300. The minimum atomic E-state index is -0.568. The Balaban J connectivity index is 1.36. The van der Waals surface area contributed by atoms with Gasteiger partial charge >= 0.3 is 0 Å². The molecule has 0 bridgehead atoms. The lowest BCUT2D eigenvalue weighted by Crippen LogP contribution is -2.37. The van der Waals surface area contributed by atoms with Gasteiger partial charge in [0, 0.05) is 44.3 Å². The standard InChI is InChI=1S/C30H28FN5O4/c31-23-16-21-25-29(26(23)35-12-14-39-15-13-35)40-28-20-5-2-1-4-19(20)6-7-24(28)36(25)17-22(27(21)37)30(38)33-8-3-10-34-11-9-32-18-34/h1-2,4-7,16-18H,3,8-15H2,(H,33,38). The Kier molecular flexibility index (Phi) is 6.11. The van der Waals surface area contributed by atoms with Crippen LogP contribution in [0, 0.1) is 5.82 Å². The van der Waals surface area contributed by atoms with Crippen molar-refractivity contribution >= 4 is 39.6 Å². The number of carbonyl (C=O) groups excluding carboxylic acids is 1. The highest BCUT2D eigenvalue weighted by atomic mass is 19.1. The first kappa shape index (κ1) is 24.6. The molecule has 1 saturated heterocycles. The Morgan fingerprint density at radius 2 is 1.90 bits per heavy atom. The molecule has 0 atom stereocenters. The number of halogens is 1. The molecule has 3 aliphatic heterocycles. The van der Waals surface area contributed by atoms with Crippen molar-refractivity contribution in [2.24, 2.45) is 4.99 Å². The number of nitrogens with zero attached hydrogens (tertiary/aromatic N) is 4. The van der Waals surface area contributed by atoms with Crippen molar-refractivity contribution in [1.82, 2.24) is 14.8 Å². The minimum Gasteiger partial charge on any atom is -0.450 e. The third-order valence-corrected chi connectivity index (χ3v) is 7.73. The predicted molar refractivity (Wildman–Crippen MR) is 152 cm³/mol. The van der Waals surface area contributed by atoms with E-state index in [4.69, 9.17) is 9.47 Å². The van der Waals surface area contributed by atoms with E-state index in [2.05, 4.69) is 15.2 Å². The maximum atomic E-state index is 15.9. The van der Waals surface area contributed by atoms with E-state index in [-0.39, 0.29) is 16.7 Å². The number of pyridine rings is 1. The van der Waals surface area contributed by atoms with Crippen molar-refractivity contribution in [3.63, 3.8) is 0 Å². The second kappa shape index (κ2) is 9.95. The molecule has 9 nitrogen and oxygen atoms in total. The van der Waals surface area contributed by atoms with Crippen LogP contribution in [-0.2, 0) is 4.74 Å². The van der Waals surface area contributed by atoms with E-state index in [1.54, 1.807) is 10.8 Å². The maximum Gasteiger partial charge on any atom is 0.256 e. The lowest BCUT2D eigenvalue weighted by atomic mass is 10.0. The van der Waals surface area contributed by atoms with Gasteiger partial charge in [0.2, 0.25) is 5.43 Å². The smallest absolute Gasteiger partial charge is 0.256 e. The predicted octanol–water partition coefficient (Wildman–Crippen LogP) is 3.69. The number of anilines is 1. The van der Waals surface area contributed by atoms with Gasteiger partial charge in [0.25, 0.3) is 5.91 Å². The van der Waals surface area contributed by atoms with Crippen LogP contribution >= 0.6 is 0 Å². The molecular formula is C30H28FN5O4. The molecule has 0 aliphatic carbocycles. The molecular weight excluding hydrogens is 513 g/mol. The van der Waals surface area contributed by atoms with Crippen molar-refractivity contribution in [3.8, 4) is 17.2 Å². The number of morpholine rings is 1. The number of aromatic nitrogens is 1. The molecule has 7 rings (SSSR count). The van der Waals surface area contributed by atoms with Crippen molar-refractivity contribution < 1.29 is 18.7 Å². The molecule has 1 N–H and O–H groups in total. The van der Waals surface area contributed by atoms with Crippen LogP contribution in [0.25, 0.3) is 27.4 Å². The normalized spacial score (nSPS) is 15.9. The average molecular weight is 542 g/mol. The average Bonchev–Trinajstić information content (AvgIpc) is 3.50. The van der Waals surface area contributed by atoms with Gasteiger partial charge in [-0.3, -0.25) is 14.6 Å². The molecule has 1 fully saturated rings. The Morgan fingerprint density at radius 3 is 2.73 bits per heavy atom. The molecule has 40 heavy (non-hydrogen) atoms. The third kappa shape index (κ3) is 4.06. The van der Waals surface area contributed by atoms with Crippen LogP contribution in [0.2, 0.25) is 0 Å². The number of ether oxygens (including phenoxy) is 2. The van der Waals surface area contributed by atoms with Gasteiger partial charge in [0.05, 0.1) is 37.2 Å². The molecule has 4 aromatic rings. The van der Waals surface area contributed by atoms with Crippen LogP contribution in [-0.4, -0.2) is 74.2 Å². The molecule has 0 unspecified atom stereocenters. The molecule has 204 valence electrons. The molecule has 4 heterocycles. The van der Waals surface area contributed by atoms with Gasteiger partial charge in [0.1, 0.15) is 16.8 Å². The second-order valence-corrected chi connectivity index (χ2v) is 10.2. The Hall–Kier alpha value is -4.44. The van der Waals surface area contributed by atoms with E-state index in [0.29, 0.717) is 61.9 Å². The summed E-state index contributed by atoms with van der Waals surface area (Å²) in [6.45, 7) is 4.75. The van der Waals surface area contributed by atoms with Gasteiger partial charge in [0.15, 0.2) is 17.3 Å². The van der Waals surface area contributed by atoms with Crippen LogP contribution in [0.3, 0.4) is 0 Å². The molecule has 0 spiro atoms. The lowest BCUT2D eigenvalue weighted by molar-refractivity contribution is 0.0951.